The number of furan rings is 1. The van der Waals surface area contributed by atoms with Gasteiger partial charge in [0.1, 0.15) is 36.5 Å². The number of para-hydroxylation sites is 8. The summed E-state index contributed by atoms with van der Waals surface area (Å²) in [5.74, 6) is 1.19. The van der Waals surface area contributed by atoms with Crippen LogP contribution in [0, 0.1) is 0 Å². The van der Waals surface area contributed by atoms with Crippen molar-refractivity contribution < 1.29 is 4.42 Å². The summed E-state index contributed by atoms with van der Waals surface area (Å²) in [6.45, 7) is 0. The molecule has 13 nitrogen and oxygen atoms in total. The van der Waals surface area contributed by atoms with E-state index in [0.29, 0.717) is 11.9 Å². The summed E-state index contributed by atoms with van der Waals surface area (Å²) in [6, 6.07) is 163. The Morgan fingerprint density at radius 1 is 0.184 bits per heavy atom. The predicted octanol–water partition coefficient (Wildman–Crippen LogP) is 35.1. The van der Waals surface area contributed by atoms with Crippen molar-refractivity contribution in [2.45, 2.75) is 0 Å². The number of rotatable bonds is 9. The number of thiophene rings is 2. The van der Waals surface area contributed by atoms with E-state index in [-0.39, 0.29) is 0 Å². The Kier molecular flexibility index (Phi) is 18.3. The summed E-state index contributed by atoms with van der Waals surface area (Å²) in [7, 11) is 0. The highest BCUT2D eigenvalue weighted by atomic mass is 32.1. The van der Waals surface area contributed by atoms with Crippen LogP contribution in [-0.4, -0.2) is 57.3 Å². The molecule has 0 atom stereocenters. The van der Waals surface area contributed by atoms with Gasteiger partial charge in [-0.25, -0.2) is 29.9 Å². The molecule has 0 saturated heterocycles. The van der Waals surface area contributed by atoms with Gasteiger partial charge in [0.25, 0.3) is 0 Å². The largest absolute Gasteiger partial charge is 0.455 e. The fraction of sp³-hybridized carbons (Fsp3) is 0. The molecule has 0 amide bonds. The van der Waals surface area contributed by atoms with Crippen molar-refractivity contribution in [2.24, 2.45) is 0 Å². The lowest BCUT2D eigenvalue weighted by atomic mass is 9.98. The molecule has 0 spiro atoms. The van der Waals surface area contributed by atoms with E-state index in [0.717, 1.165) is 94.1 Å². The SMILES string of the molecule is c1ccc(-n2c3ccccc3c3cc4c(cc32)c2cc3ccccc3cc2n4-c2ccc(-c3cccc4sc5ccccc5c34)cc2)cc1.c1ccc2c(c1)oc1c(-c3ccc(-n4c5ccccc5c5c6ccccc6c6c7ccccc7n(-c7ncncn7)c6c54)cc3)cccc12.c1ccc2c(c1)sc1cc(-c3ccc(-n4c5ccccc5c5c4c4ccccc4c4c6ccccc6n(-c6ncncn6)c45)cc3)ccc12. The first-order valence-corrected chi connectivity index (χ1v) is 51.1. The first-order chi connectivity index (χ1) is 73.0. The van der Waals surface area contributed by atoms with Gasteiger partial charge in [-0.15, -0.1) is 22.7 Å². The smallest absolute Gasteiger partial charge is 0.237 e. The van der Waals surface area contributed by atoms with Crippen LogP contribution in [0.15, 0.2) is 479 Å². The van der Waals surface area contributed by atoms with Gasteiger partial charge in [-0.3, -0.25) is 9.13 Å². The van der Waals surface area contributed by atoms with E-state index in [1.165, 1.54) is 187 Å². The molecule has 0 aliphatic heterocycles. The molecule has 0 fully saturated rings. The van der Waals surface area contributed by atoms with Crippen molar-refractivity contribution >= 4 is 248 Å². The summed E-state index contributed by atoms with van der Waals surface area (Å²) in [5.41, 5.74) is 27.2. The maximum Gasteiger partial charge on any atom is 0.237 e. The van der Waals surface area contributed by atoms with Crippen LogP contribution in [0.2, 0.25) is 0 Å². The minimum absolute atomic E-state index is 0.587. The van der Waals surface area contributed by atoms with Crippen molar-refractivity contribution in [3.63, 3.8) is 0 Å². The van der Waals surface area contributed by atoms with E-state index in [9.17, 15) is 0 Å². The third-order valence-corrected chi connectivity index (χ3v) is 32.5. The average Bonchev–Trinajstić information content (AvgIpc) is 1.48. The minimum atomic E-state index is 0.587. The molecule has 22 aromatic carbocycles. The molecule has 0 N–H and O–H groups in total. The van der Waals surface area contributed by atoms with Gasteiger partial charge in [-0.2, -0.15) is 0 Å². The summed E-state index contributed by atoms with van der Waals surface area (Å²) in [4.78, 5) is 26.9. The fourth-order valence-electron chi connectivity index (χ4n) is 24.0. The lowest BCUT2D eigenvalue weighted by molar-refractivity contribution is 0.670. The van der Waals surface area contributed by atoms with Crippen molar-refractivity contribution in [3.05, 3.63) is 474 Å². The Balaban J connectivity index is 0.0000000999. The maximum absolute atomic E-state index is 6.40. The van der Waals surface area contributed by atoms with Crippen molar-refractivity contribution in [3.8, 4) is 68.0 Å². The summed E-state index contributed by atoms with van der Waals surface area (Å²) < 4.78 is 25.8. The molecule has 0 aliphatic rings. The average molecular weight is 1910 g/mol. The molecule has 0 bridgehead atoms. The molecule has 33 rings (SSSR count). The van der Waals surface area contributed by atoms with Gasteiger partial charge in [0.2, 0.25) is 11.9 Å². The molecule has 0 radical (unpaired) electrons. The number of hydrogen-bond donors (Lipinski definition) is 0. The van der Waals surface area contributed by atoms with Gasteiger partial charge >= 0.3 is 0 Å². The molecule has 11 heterocycles. The van der Waals surface area contributed by atoms with Crippen LogP contribution >= 0.6 is 22.7 Å². The molecule has 0 unspecified atom stereocenters. The number of hydrogen-bond acceptors (Lipinski definition) is 9. The summed E-state index contributed by atoms with van der Waals surface area (Å²) in [5, 5.41) is 29.4. The lowest BCUT2D eigenvalue weighted by Crippen LogP contribution is -2.03. The van der Waals surface area contributed by atoms with Gasteiger partial charge in [0, 0.05) is 149 Å². The molecule has 684 valence electrons. The first kappa shape index (κ1) is 82.4. The van der Waals surface area contributed by atoms with Crippen LogP contribution in [0.5, 0.6) is 0 Å². The third kappa shape index (κ3) is 12.5. The predicted molar refractivity (Wildman–Crippen MR) is 614 cm³/mol. The Morgan fingerprint density at radius 3 is 1.18 bits per heavy atom. The van der Waals surface area contributed by atoms with E-state index in [1.807, 2.05) is 34.8 Å². The summed E-state index contributed by atoms with van der Waals surface area (Å²) >= 11 is 3.73. The minimum Gasteiger partial charge on any atom is -0.455 e. The molecular weight excluding hydrogens is 1830 g/mol. The molecular formula is C132H78N12OS2. The molecule has 15 heteroatoms. The van der Waals surface area contributed by atoms with E-state index in [4.69, 9.17) is 4.42 Å². The quantitative estimate of drug-likeness (QED) is 0.141. The highest BCUT2D eigenvalue weighted by Crippen LogP contribution is 2.52. The molecule has 0 aliphatic carbocycles. The zero-order chi connectivity index (χ0) is 96.2. The van der Waals surface area contributed by atoms with Gasteiger partial charge < -0.3 is 22.7 Å². The highest BCUT2D eigenvalue weighted by molar-refractivity contribution is 7.26. The molecule has 11 aromatic heterocycles. The second kappa shape index (κ2) is 32.6. The van der Waals surface area contributed by atoms with Crippen LogP contribution < -0.4 is 0 Å². The van der Waals surface area contributed by atoms with Crippen molar-refractivity contribution in [1.82, 2.24) is 57.3 Å². The van der Waals surface area contributed by atoms with Crippen LogP contribution in [0.1, 0.15) is 0 Å². The number of benzene rings is 22. The number of nitrogens with zero attached hydrogens (tertiary/aromatic N) is 12. The van der Waals surface area contributed by atoms with E-state index in [2.05, 4.69) is 494 Å². The van der Waals surface area contributed by atoms with Crippen LogP contribution in [0.3, 0.4) is 0 Å². The normalized spacial score (nSPS) is 12.1. The second-order valence-electron chi connectivity index (χ2n) is 37.9. The standard InChI is InChI=1S/C46H28N2S.C43H25N5O.C43H25N5S/c1-2-13-32(14-3-1)47-40-18-8-6-15-35(40)38-27-43-39(28-42(38)47)37-25-30-11-4-5-12-31(30)26-41(37)48(43)33-23-21-29(22-24-33)34-17-10-20-45-46(34)36-16-7-9-19-44(36)49-45;1-2-12-31-30(11-1)38-33-13-3-6-17-35(33)47(40(38)41-39(31)34-14-4-7-18-36(34)48(41)43-45-24-44-25-46-43)27-22-20-26(21-23-27)28-15-9-16-32-29-10-5-8-19-37(29)49-42(28)32;1-2-11-32-31(10-1)39-33-12-3-7-15-36(33)48(43-45-24-44-25-46-43)42(39)40-34-13-4-6-14-35(34)47(41(32)40)28-20-17-26(18-21-28)27-19-22-30-29-9-5-8-16-37(29)49-38(30)23-27/h1-28H;2*1-25H. The summed E-state index contributed by atoms with van der Waals surface area (Å²) in [6.07, 6.45) is 6.28. The molecule has 147 heavy (non-hydrogen) atoms. The van der Waals surface area contributed by atoms with Gasteiger partial charge in [-0.05, 0) is 188 Å². The fourth-order valence-corrected chi connectivity index (χ4v) is 26.3. The van der Waals surface area contributed by atoms with E-state index < -0.39 is 0 Å². The Hall–Kier alpha value is -19.3. The second-order valence-corrected chi connectivity index (χ2v) is 40.1. The highest BCUT2D eigenvalue weighted by Gasteiger charge is 2.30. The van der Waals surface area contributed by atoms with Gasteiger partial charge in [0.15, 0.2) is 0 Å². The zero-order valence-electron chi connectivity index (χ0n) is 78.6. The first-order valence-electron chi connectivity index (χ1n) is 49.5. The van der Waals surface area contributed by atoms with Crippen LogP contribution in [-0.2, 0) is 0 Å². The Labute approximate surface area is 845 Å². The molecule has 33 aromatic rings. The van der Waals surface area contributed by atoms with Gasteiger partial charge in [0.05, 0.1) is 66.2 Å². The van der Waals surface area contributed by atoms with E-state index in [1.54, 1.807) is 25.3 Å². The van der Waals surface area contributed by atoms with Crippen LogP contribution in [0.25, 0.3) is 293 Å². The topological polar surface area (TPSA) is 120 Å². The van der Waals surface area contributed by atoms with Gasteiger partial charge in [-0.1, -0.05) is 315 Å². The monoisotopic (exact) mass is 1910 g/mol. The molecule has 0 saturated carbocycles. The Morgan fingerprint density at radius 2 is 0.558 bits per heavy atom. The van der Waals surface area contributed by atoms with Crippen molar-refractivity contribution in [1.29, 1.82) is 0 Å². The Bertz CT molecular complexity index is 11300. The number of fused-ring (bicyclic) bond motifs is 36. The third-order valence-electron chi connectivity index (χ3n) is 30.2. The van der Waals surface area contributed by atoms with Crippen LogP contribution in [0.4, 0.5) is 0 Å². The van der Waals surface area contributed by atoms with E-state index >= 15 is 0 Å². The zero-order valence-corrected chi connectivity index (χ0v) is 80.3. The maximum atomic E-state index is 6.40. The lowest BCUT2D eigenvalue weighted by Gasteiger charge is -2.13. The van der Waals surface area contributed by atoms with Crippen molar-refractivity contribution in [2.75, 3.05) is 0 Å². The number of aromatic nitrogens is 12.